The van der Waals surface area contributed by atoms with Crippen molar-refractivity contribution in [3.8, 4) is 11.3 Å². The Kier molecular flexibility index (Phi) is 6.84. The third-order valence-corrected chi connectivity index (χ3v) is 8.00. The van der Waals surface area contributed by atoms with E-state index in [4.69, 9.17) is 0 Å². The van der Waals surface area contributed by atoms with Crippen molar-refractivity contribution in [3.05, 3.63) is 81.3 Å². The highest BCUT2D eigenvalue weighted by molar-refractivity contribution is 6.11. The fourth-order valence-corrected chi connectivity index (χ4v) is 5.58. The van der Waals surface area contributed by atoms with Gasteiger partial charge in [0.25, 0.3) is 11.5 Å². The van der Waals surface area contributed by atoms with E-state index in [1.165, 1.54) is 4.68 Å². The molecule has 41 heavy (non-hydrogen) atoms. The van der Waals surface area contributed by atoms with Gasteiger partial charge >= 0.3 is 0 Å². The van der Waals surface area contributed by atoms with Crippen LogP contribution >= 0.6 is 0 Å². The number of nitrogens with one attached hydrogen (secondary N) is 1. The zero-order valence-electron chi connectivity index (χ0n) is 23.8. The van der Waals surface area contributed by atoms with Crippen molar-refractivity contribution in [1.82, 2.24) is 24.5 Å². The monoisotopic (exact) mass is 554 g/mol. The normalized spacial score (nSPS) is 14.8. The van der Waals surface area contributed by atoms with Gasteiger partial charge in [0.15, 0.2) is 5.82 Å². The maximum absolute atomic E-state index is 13.5. The van der Waals surface area contributed by atoms with Crippen LogP contribution < -0.4 is 20.7 Å². The highest BCUT2D eigenvalue weighted by atomic mass is 16.3. The number of benzene rings is 2. The van der Waals surface area contributed by atoms with Crippen molar-refractivity contribution in [1.29, 1.82) is 0 Å². The lowest BCUT2D eigenvalue weighted by molar-refractivity contribution is 0.0996. The first-order valence-electron chi connectivity index (χ1n) is 13.8. The molecule has 0 spiro atoms. The van der Waals surface area contributed by atoms with Gasteiger partial charge in [-0.25, -0.2) is 4.68 Å². The number of rotatable bonds is 7. The van der Waals surface area contributed by atoms with Crippen LogP contribution in [0.2, 0.25) is 0 Å². The highest BCUT2D eigenvalue weighted by Crippen LogP contribution is 2.37. The number of anilines is 4. The van der Waals surface area contributed by atoms with Gasteiger partial charge in [0.05, 0.1) is 36.8 Å². The van der Waals surface area contributed by atoms with Gasteiger partial charge in [-0.2, -0.15) is 10.2 Å². The van der Waals surface area contributed by atoms with Gasteiger partial charge in [-0.3, -0.25) is 19.2 Å². The number of hydrogen-bond donors (Lipinski definition) is 2. The Bertz CT molecular complexity index is 1710. The summed E-state index contributed by atoms with van der Waals surface area (Å²) in [5, 5.41) is 22.9. The molecule has 2 aromatic heterocycles. The number of aliphatic hydroxyl groups excluding tert-OH is 1. The van der Waals surface area contributed by atoms with Crippen LogP contribution in [-0.4, -0.2) is 62.7 Å². The molecule has 0 saturated carbocycles. The molecular weight excluding hydrogens is 520 g/mol. The zero-order chi connectivity index (χ0) is 28.8. The summed E-state index contributed by atoms with van der Waals surface area (Å²) in [5.74, 6) is 0.483. The number of carbonyl (C=O) groups is 1. The summed E-state index contributed by atoms with van der Waals surface area (Å²) in [5.41, 5.74) is 6.10. The third kappa shape index (κ3) is 4.76. The van der Waals surface area contributed by atoms with E-state index in [-0.39, 0.29) is 18.1 Å². The average Bonchev–Trinajstić information content (AvgIpc) is 3.53. The molecule has 11 heteroatoms. The van der Waals surface area contributed by atoms with E-state index in [1.54, 1.807) is 18.0 Å². The minimum Gasteiger partial charge on any atom is -0.392 e. The van der Waals surface area contributed by atoms with E-state index in [0.29, 0.717) is 46.1 Å². The molecule has 11 nitrogen and oxygen atoms in total. The van der Waals surface area contributed by atoms with E-state index in [1.807, 2.05) is 48.1 Å². The molecule has 0 bridgehead atoms. The molecule has 4 aromatic rings. The van der Waals surface area contributed by atoms with Gasteiger partial charge in [0.1, 0.15) is 5.69 Å². The van der Waals surface area contributed by atoms with Gasteiger partial charge in [0, 0.05) is 62.2 Å². The number of aromatic nitrogens is 4. The predicted molar refractivity (Wildman–Crippen MR) is 159 cm³/mol. The number of likely N-dealkylation sites (N-methyl/N-ethyl adjacent to an activating group) is 1. The summed E-state index contributed by atoms with van der Waals surface area (Å²) >= 11 is 0. The van der Waals surface area contributed by atoms with Crippen molar-refractivity contribution in [2.75, 3.05) is 42.3 Å². The summed E-state index contributed by atoms with van der Waals surface area (Å²) in [6, 6.07) is 15.1. The summed E-state index contributed by atoms with van der Waals surface area (Å²) in [6.07, 6.45) is 0. The average molecular weight is 555 g/mol. The minimum atomic E-state index is -0.302. The van der Waals surface area contributed by atoms with Gasteiger partial charge < -0.3 is 20.2 Å². The molecular formula is C30H34N8O3. The van der Waals surface area contributed by atoms with E-state index >= 15 is 0 Å². The van der Waals surface area contributed by atoms with Crippen molar-refractivity contribution >= 4 is 28.8 Å². The fraction of sp³-hybridized carbons (Fsp3) is 0.333. The predicted octanol–water partition coefficient (Wildman–Crippen LogP) is 2.94. The van der Waals surface area contributed by atoms with Gasteiger partial charge in [-0.1, -0.05) is 12.1 Å². The summed E-state index contributed by atoms with van der Waals surface area (Å²) < 4.78 is 3.23. The topological polar surface area (TPSA) is 112 Å². The molecule has 0 fully saturated rings. The van der Waals surface area contributed by atoms with Crippen LogP contribution in [-0.2, 0) is 33.3 Å². The number of amides is 1. The number of aryl methyl sites for hydroxylation is 1. The molecule has 0 atom stereocenters. The maximum Gasteiger partial charge on any atom is 0.290 e. The van der Waals surface area contributed by atoms with Crippen molar-refractivity contribution in [3.63, 3.8) is 0 Å². The molecule has 2 N–H and O–H groups in total. The summed E-state index contributed by atoms with van der Waals surface area (Å²) in [4.78, 5) is 32.6. The van der Waals surface area contributed by atoms with Crippen LogP contribution in [0.3, 0.4) is 0 Å². The van der Waals surface area contributed by atoms with Crippen LogP contribution in [0.5, 0.6) is 0 Å². The van der Waals surface area contributed by atoms with Crippen LogP contribution in [0.1, 0.15) is 34.1 Å². The number of carbonyl (C=O) groups excluding carboxylic acids is 1. The Labute approximate surface area is 238 Å². The molecule has 2 aliphatic heterocycles. The molecule has 4 heterocycles. The van der Waals surface area contributed by atoms with Crippen molar-refractivity contribution in [2.45, 2.75) is 33.2 Å². The minimum absolute atomic E-state index is 0.109. The molecule has 0 aliphatic carbocycles. The van der Waals surface area contributed by atoms with Crippen LogP contribution in [0, 0.1) is 0 Å². The standard InChI is InChI=1S/C30H34N8O3/c1-5-35(3)20-9-10-22-19(13-20)16-37(29(22)40)27-8-6-7-23(24(27)18-39)25-15-26(30(41)36(4)32-25)31-28-14-21-17-34(2)11-12-38(21)33-28/h6-10,13-15,39H,5,11-12,16-18H2,1-4H3,(H,31,33). The zero-order valence-corrected chi connectivity index (χ0v) is 23.8. The molecule has 0 radical (unpaired) electrons. The lowest BCUT2D eigenvalue weighted by Gasteiger charge is -2.22. The largest absolute Gasteiger partial charge is 0.392 e. The molecule has 2 aliphatic rings. The molecule has 1 amide bonds. The molecule has 0 unspecified atom stereocenters. The van der Waals surface area contributed by atoms with Crippen LogP contribution in [0.25, 0.3) is 11.3 Å². The number of fused-ring (bicyclic) bond motifs is 2. The van der Waals surface area contributed by atoms with Crippen LogP contribution in [0.4, 0.5) is 22.9 Å². The molecule has 0 saturated heterocycles. The first kappa shape index (κ1) is 26.7. The van der Waals surface area contributed by atoms with Crippen molar-refractivity contribution in [2.24, 2.45) is 7.05 Å². The molecule has 2 aromatic carbocycles. The summed E-state index contributed by atoms with van der Waals surface area (Å²) in [6.45, 7) is 5.54. The van der Waals surface area contributed by atoms with Crippen molar-refractivity contribution < 1.29 is 9.90 Å². The maximum atomic E-state index is 13.5. The van der Waals surface area contributed by atoms with Crippen LogP contribution in [0.15, 0.2) is 53.3 Å². The first-order chi connectivity index (χ1) is 19.8. The Hall–Kier alpha value is -4.48. The number of nitrogens with zero attached hydrogens (tertiary/aromatic N) is 7. The Morgan fingerprint density at radius 3 is 2.61 bits per heavy atom. The Morgan fingerprint density at radius 2 is 1.83 bits per heavy atom. The quantitative estimate of drug-likeness (QED) is 0.359. The molecule has 6 rings (SSSR count). The first-order valence-corrected chi connectivity index (χ1v) is 13.8. The smallest absolute Gasteiger partial charge is 0.290 e. The van der Waals surface area contributed by atoms with Gasteiger partial charge in [-0.05, 0) is 49.9 Å². The second-order valence-corrected chi connectivity index (χ2v) is 10.7. The highest BCUT2D eigenvalue weighted by Gasteiger charge is 2.31. The van der Waals surface area contributed by atoms with E-state index in [2.05, 4.69) is 45.4 Å². The lowest BCUT2D eigenvalue weighted by atomic mass is 10.0. The van der Waals surface area contributed by atoms with Gasteiger partial charge in [-0.15, -0.1) is 0 Å². The number of aliphatic hydroxyl groups is 1. The number of hydrogen-bond acceptors (Lipinski definition) is 8. The Balaban J connectivity index is 1.35. The molecule has 212 valence electrons. The SMILES string of the molecule is CCN(C)c1ccc2c(c1)CN(c1cccc(-c3cc(Nc4cc5n(n4)CCN(C)C5)c(=O)n(C)n3)c1CO)C2=O. The van der Waals surface area contributed by atoms with E-state index < -0.39 is 0 Å². The van der Waals surface area contributed by atoms with E-state index in [9.17, 15) is 14.7 Å². The lowest BCUT2D eigenvalue weighted by Crippen LogP contribution is -2.30. The van der Waals surface area contributed by atoms with E-state index in [0.717, 1.165) is 43.1 Å². The summed E-state index contributed by atoms with van der Waals surface area (Å²) in [7, 11) is 5.68. The van der Waals surface area contributed by atoms with Gasteiger partial charge in [0.2, 0.25) is 0 Å². The Morgan fingerprint density at radius 1 is 1.00 bits per heavy atom. The fourth-order valence-electron chi connectivity index (χ4n) is 5.58. The third-order valence-electron chi connectivity index (χ3n) is 8.00. The second-order valence-electron chi connectivity index (χ2n) is 10.7. The second kappa shape index (κ2) is 10.5.